The van der Waals surface area contributed by atoms with Crippen molar-refractivity contribution in [3.8, 4) is 5.75 Å². The minimum absolute atomic E-state index is 0.00889. The highest BCUT2D eigenvalue weighted by molar-refractivity contribution is 7.99. The standard InChI is InChI=1S/C15H24N2O3S2/c1-16(2)11-13-12-21-10-4-9-17(13)22(18,19)15-7-5-14(20-3)6-8-15/h5-8,13H,4,9-12H2,1-3H3. The lowest BCUT2D eigenvalue weighted by molar-refractivity contribution is 0.271. The van der Waals surface area contributed by atoms with Gasteiger partial charge in [-0.15, -0.1) is 0 Å². The first-order valence-electron chi connectivity index (χ1n) is 7.33. The zero-order chi connectivity index (χ0) is 16.2. The molecule has 0 saturated carbocycles. The Bertz CT molecular complexity index is 573. The van der Waals surface area contributed by atoms with E-state index in [2.05, 4.69) is 0 Å². The monoisotopic (exact) mass is 344 g/mol. The van der Waals surface area contributed by atoms with Gasteiger partial charge in [0.05, 0.1) is 12.0 Å². The molecule has 0 spiro atoms. The Kier molecular flexibility index (Phi) is 6.14. The number of methoxy groups -OCH3 is 1. The third-order valence-electron chi connectivity index (χ3n) is 3.63. The van der Waals surface area contributed by atoms with Gasteiger partial charge in [-0.1, -0.05) is 0 Å². The Hall–Kier alpha value is -0.760. The predicted octanol–water partition coefficient (Wildman–Crippen LogP) is 1.75. The molecule has 1 fully saturated rings. The summed E-state index contributed by atoms with van der Waals surface area (Å²) in [6.45, 7) is 1.32. The van der Waals surface area contributed by atoms with Crippen molar-refractivity contribution in [3.05, 3.63) is 24.3 Å². The van der Waals surface area contributed by atoms with Crippen LogP contribution in [0.1, 0.15) is 6.42 Å². The maximum absolute atomic E-state index is 13.0. The van der Waals surface area contributed by atoms with Crippen LogP contribution in [0, 0.1) is 0 Å². The molecule has 0 bridgehead atoms. The van der Waals surface area contributed by atoms with Gasteiger partial charge in [-0.2, -0.15) is 16.1 Å². The van der Waals surface area contributed by atoms with Crippen molar-refractivity contribution < 1.29 is 13.2 Å². The van der Waals surface area contributed by atoms with Crippen LogP contribution in [0.2, 0.25) is 0 Å². The molecular formula is C15H24N2O3S2. The van der Waals surface area contributed by atoms with E-state index in [1.165, 1.54) is 0 Å². The molecule has 1 heterocycles. The minimum atomic E-state index is -3.47. The number of rotatable bonds is 5. The predicted molar refractivity (Wildman–Crippen MR) is 91.2 cm³/mol. The average molecular weight is 345 g/mol. The van der Waals surface area contributed by atoms with Crippen molar-refractivity contribution in [2.45, 2.75) is 17.4 Å². The maximum Gasteiger partial charge on any atom is 0.243 e. The Labute approximate surface area is 137 Å². The first-order valence-corrected chi connectivity index (χ1v) is 9.93. The Balaban J connectivity index is 2.29. The highest BCUT2D eigenvalue weighted by atomic mass is 32.2. The Morgan fingerprint density at radius 1 is 1.32 bits per heavy atom. The fourth-order valence-electron chi connectivity index (χ4n) is 2.57. The lowest BCUT2D eigenvalue weighted by Gasteiger charge is -2.30. The second-order valence-corrected chi connectivity index (χ2v) is 8.68. The van der Waals surface area contributed by atoms with Gasteiger partial charge in [-0.3, -0.25) is 0 Å². The van der Waals surface area contributed by atoms with Crippen LogP contribution in [0.4, 0.5) is 0 Å². The second-order valence-electron chi connectivity index (χ2n) is 5.64. The SMILES string of the molecule is COc1ccc(S(=O)(=O)N2CCCSCC2CN(C)C)cc1. The number of ether oxygens (including phenoxy) is 1. The van der Waals surface area contributed by atoms with E-state index < -0.39 is 10.0 Å². The molecule has 0 aromatic heterocycles. The summed E-state index contributed by atoms with van der Waals surface area (Å²) in [7, 11) is 2.06. The van der Waals surface area contributed by atoms with Gasteiger partial charge < -0.3 is 9.64 Å². The summed E-state index contributed by atoms with van der Waals surface area (Å²) >= 11 is 1.83. The highest BCUT2D eigenvalue weighted by Crippen LogP contribution is 2.25. The summed E-state index contributed by atoms with van der Waals surface area (Å²) in [4.78, 5) is 2.39. The van der Waals surface area contributed by atoms with Crippen LogP contribution >= 0.6 is 11.8 Å². The van der Waals surface area contributed by atoms with Crippen molar-refractivity contribution in [2.75, 3.05) is 45.8 Å². The maximum atomic E-state index is 13.0. The topological polar surface area (TPSA) is 49.9 Å². The van der Waals surface area contributed by atoms with E-state index in [1.54, 1.807) is 35.7 Å². The highest BCUT2D eigenvalue weighted by Gasteiger charge is 2.32. The molecule has 5 nitrogen and oxygen atoms in total. The molecule has 1 aromatic carbocycles. The summed E-state index contributed by atoms with van der Waals surface area (Å²) in [5.74, 6) is 2.52. The van der Waals surface area contributed by atoms with E-state index in [-0.39, 0.29) is 6.04 Å². The van der Waals surface area contributed by atoms with Gasteiger partial charge in [0.2, 0.25) is 10.0 Å². The van der Waals surface area contributed by atoms with Crippen LogP contribution in [0.15, 0.2) is 29.2 Å². The molecular weight excluding hydrogens is 320 g/mol. The summed E-state index contributed by atoms with van der Waals surface area (Å²) in [6, 6.07) is 6.65. The second kappa shape index (κ2) is 7.68. The van der Waals surface area contributed by atoms with Crippen molar-refractivity contribution in [1.29, 1.82) is 0 Å². The zero-order valence-electron chi connectivity index (χ0n) is 13.4. The van der Waals surface area contributed by atoms with Crippen molar-refractivity contribution in [2.24, 2.45) is 0 Å². The van der Waals surface area contributed by atoms with Crippen LogP contribution in [0.25, 0.3) is 0 Å². The Morgan fingerprint density at radius 3 is 2.59 bits per heavy atom. The lowest BCUT2D eigenvalue weighted by Crippen LogP contribution is -2.46. The summed E-state index contributed by atoms with van der Waals surface area (Å²) in [6.07, 6.45) is 0.893. The van der Waals surface area contributed by atoms with Crippen LogP contribution < -0.4 is 4.74 Å². The number of hydrogen-bond acceptors (Lipinski definition) is 5. The third-order valence-corrected chi connectivity index (χ3v) is 6.79. The van der Waals surface area contributed by atoms with E-state index in [1.807, 2.05) is 30.8 Å². The van der Waals surface area contributed by atoms with E-state index >= 15 is 0 Å². The first-order chi connectivity index (χ1) is 10.4. The van der Waals surface area contributed by atoms with Crippen molar-refractivity contribution in [3.63, 3.8) is 0 Å². The van der Waals surface area contributed by atoms with Gasteiger partial charge in [-0.05, 0) is 50.5 Å². The van der Waals surface area contributed by atoms with Gasteiger partial charge in [0.1, 0.15) is 5.75 Å². The lowest BCUT2D eigenvalue weighted by atomic mass is 10.3. The third kappa shape index (κ3) is 4.16. The average Bonchev–Trinajstić information content (AvgIpc) is 2.72. The zero-order valence-corrected chi connectivity index (χ0v) is 15.0. The Morgan fingerprint density at radius 2 is 2.00 bits per heavy atom. The quantitative estimate of drug-likeness (QED) is 0.814. The summed E-state index contributed by atoms with van der Waals surface area (Å²) < 4.78 is 32.8. The largest absolute Gasteiger partial charge is 0.497 e. The molecule has 1 aliphatic rings. The number of sulfonamides is 1. The molecule has 0 radical (unpaired) electrons. The van der Waals surface area contributed by atoms with Crippen LogP contribution in [0.3, 0.4) is 0 Å². The van der Waals surface area contributed by atoms with Gasteiger partial charge in [0.25, 0.3) is 0 Å². The summed E-state index contributed by atoms with van der Waals surface area (Å²) in [5.41, 5.74) is 0. The normalized spacial score (nSPS) is 20.8. The smallest absolute Gasteiger partial charge is 0.243 e. The van der Waals surface area contributed by atoms with E-state index in [4.69, 9.17) is 4.74 Å². The molecule has 0 N–H and O–H groups in total. The van der Waals surface area contributed by atoms with E-state index in [9.17, 15) is 8.42 Å². The molecule has 0 aliphatic carbocycles. The van der Waals surface area contributed by atoms with Crippen molar-refractivity contribution >= 4 is 21.8 Å². The molecule has 2 rings (SSSR count). The van der Waals surface area contributed by atoms with Gasteiger partial charge in [0, 0.05) is 24.9 Å². The fourth-order valence-corrected chi connectivity index (χ4v) is 5.38. The number of benzene rings is 1. The van der Waals surface area contributed by atoms with Crippen LogP contribution in [-0.4, -0.2) is 69.5 Å². The van der Waals surface area contributed by atoms with Crippen LogP contribution in [0.5, 0.6) is 5.75 Å². The number of nitrogens with zero attached hydrogens (tertiary/aromatic N) is 2. The summed E-state index contributed by atoms with van der Waals surface area (Å²) in [5, 5.41) is 0. The molecule has 1 saturated heterocycles. The first kappa shape index (κ1) is 17.6. The number of thioether (sulfide) groups is 1. The molecule has 1 atom stereocenters. The molecule has 1 aliphatic heterocycles. The van der Waals surface area contributed by atoms with Gasteiger partial charge in [-0.25, -0.2) is 8.42 Å². The minimum Gasteiger partial charge on any atom is -0.497 e. The van der Waals surface area contributed by atoms with E-state index in [0.717, 1.165) is 24.5 Å². The number of likely N-dealkylation sites (N-methyl/N-ethyl adjacent to an activating group) is 1. The molecule has 1 unspecified atom stereocenters. The van der Waals surface area contributed by atoms with E-state index in [0.29, 0.717) is 17.2 Å². The number of hydrogen-bond donors (Lipinski definition) is 0. The molecule has 0 amide bonds. The van der Waals surface area contributed by atoms with Gasteiger partial charge >= 0.3 is 0 Å². The van der Waals surface area contributed by atoms with Crippen LogP contribution in [-0.2, 0) is 10.0 Å². The van der Waals surface area contributed by atoms with Crippen molar-refractivity contribution in [1.82, 2.24) is 9.21 Å². The molecule has 7 heteroatoms. The van der Waals surface area contributed by atoms with Gasteiger partial charge in [0.15, 0.2) is 0 Å². The molecule has 22 heavy (non-hydrogen) atoms. The molecule has 124 valence electrons. The molecule has 1 aromatic rings. The fraction of sp³-hybridized carbons (Fsp3) is 0.600.